The van der Waals surface area contributed by atoms with Crippen molar-refractivity contribution in [3.05, 3.63) is 244 Å². The SMILES string of the molecule is CC1=CCC(C)C(N(c2ccccc2C)c2cc3c(c4oc5ccccc5c24)-c2c(cc(N(c4ccccc4C)c4cc(C)ccc4C)c4c2oc2ccccc24)C32c3ccccc3-c3ccccc32)=C1. The van der Waals surface area contributed by atoms with E-state index in [9.17, 15) is 0 Å². The Bertz CT molecular complexity index is 4090. The number of hydrogen-bond donors (Lipinski definition) is 0. The molecular formula is C67H52N2O2. The summed E-state index contributed by atoms with van der Waals surface area (Å²) >= 11 is 0. The van der Waals surface area contributed by atoms with Gasteiger partial charge in [0.25, 0.3) is 0 Å². The van der Waals surface area contributed by atoms with Gasteiger partial charge in [0, 0.05) is 50.6 Å². The number of benzene rings is 9. The lowest BCUT2D eigenvalue weighted by molar-refractivity contribution is 0.662. The van der Waals surface area contributed by atoms with Gasteiger partial charge in [-0.2, -0.15) is 0 Å². The summed E-state index contributed by atoms with van der Waals surface area (Å²) in [5.41, 5.74) is 25.1. The monoisotopic (exact) mass is 916 g/mol. The summed E-state index contributed by atoms with van der Waals surface area (Å²) in [5.74, 6) is 0.258. The third-order valence-corrected chi connectivity index (χ3v) is 16.0. The van der Waals surface area contributed by atoms with Crippen LogP contribution in [0.25, 0.3) is 66.1 Å². The molecule has 1 spiro atoms. The molecule has 0 aliphatic heterocycles. The van der Waals surface area contributed by atoms with Crippen LogP contribution in [0.5, 0.6) is 0 Å². The number of aryl methyl sites for hydroxylation is 4. The van der Waals surface area contributed by atoms with Crippen molar-refractivity contribution in [1.29, 1.82) is 0 Å². The van der Waals surface area contributed by atoms with Crippen molar-refractivity contribution in [1.82, 2.24) is 0 Å². The summed E-state index contributed by atoms with van der Waals surface area (Å²) in [6.45, 7) is 13.5. The van der Waals surface area contributed by atoms with Gasteiger partial charge in [-0.3, -0.25) is 0 Å². The lowest BCUT2D eigenvalue weighted by atomic mass is 9.70. The Morgan fingerprint density at radius 3 is 1.51 bits per heavy atom. The molecule has 9 aromatic carbocycles. The molecule has 2 aromatic heterocycles. The van der Waals surface area contributed by atoms with E-state index in [4.69, 9.17) is 8.83 Å². The summed E-state index contributed by atoms with van der Waals surface area (Å²) in [7, 11) is 0. The molecule has 0 N–H and O–H groups in total. The second-order valence-electron chi connectivity index (χ2n) is 20.3. The fourth-order valence-corrected chi connectivity index (χ4v) is 12.7. The van der Waals surface area contributed by atoms with E-state index in [1.54, 1.807) is 0 Å². The molecule has 1 atom stereocenters. The number of allylic oxidation sites excluding steroid dienone is 4. The number of fused-ring (bicyclic) bond motifs is 18. The number of hydrogen-bond acceptors (Lipinski definition) is 4. The number of para-hydroxylation sites is 4. The second-order valence-corrected chi connectivity index (χ2v) is 20.3. The van der Waals surface area contributed by atoms with E-state index in [0.717, 1.165) is 89.9 Å². The van der Waals surface area contributed by atoms with Crippen LogP contribution in [0.1, 0.15) is 64.8 Å². The Kier molecular flexibility index (Phi) is 8.99. The van der Waals surface area contributed by atoms with Crippen molar-refractivity contribution in [2.24, 2.45) is 5.92 Å². The highest BCUT2D eigenvalue weighted by Gasteiger charge is 2.55. The molecule has 1 unspecified atom stereocenters. The summed E-state index contributed by atoms with van der Waals surface area (Å²) in [6, 6.07) is 65.1. The van der Waals surface area contributed by atoms with Gasteiger partial charge in [-0.25, -0.2) is 0 Å². The first-order valence-electron chi connectivity index (χ1n) is 25.1. The Balaban J connectivity index is 1.23. The molecule has 14 rings (SSSR count). The molecule has 0 saturated carbocycles. The first kappa shape index (κ1) is 41.6. The lowest BCUT2D eigenvalue weighted by Crippen LogP contribution is -2.28. The van der Waals surface area contributed by atoms with Crippen molar-refractivity contribution in [2.75, 3.05) is 9.80 Å². The van der Waals surface area contributed by atoms with Crippen LogP contribution in [0, 0.1) is 33.6 Å². The Labute approximate surface area is 414 Å². The van der Waals surface area contributed by atoms with Crippen LogP contribution in [0.3, 0.4) is 0 Å². The van der Waals surface area contributed by atoms with Crippen molar-refractivity contribution in [3.63, 3.8) is 0 Å². The zero-order valence-electron chi connectivity index (χ0n) is 40.9. The van der Waals surface area contributed by atoms with E-state index in [2.05, 4.69) is 239 Å². The first-order chi connectivity index (χ1) is 34.7. The fourth-order valence-electron chi connectivity index (χ4n) is 12.7. The predicted octanol–water partition coefficient (Wildman–Crippen LogP) is 18.5. The molecule has 3 aliphatic rings. The standard InChI is InChI=1S/C67H52N2O2/c1-39-31-33-43(5)55(35-39)68(53-27-15-7-19-41(53)3)57-37-51-63(65-61(57)47-23-11-17-29-59(47)70-65)64-52(67(51)49-25-13-9-21-45(49)46-22-10-14-26-50(46)67)38-58(62-48-24-12-18-30-60(48)71-66(62)64)69(54-28-16-8-20-42(54)4)56-36-40(2)32-34-44(56)6/h7-33,35-38,44H,34H2,1-6H3. The third-order valence-electron chi connectivity index (χ3n) is 16.0. The Morgan fingerprint density at radius 1 is 0.451 bits per heavy atom. The molecule has 0 radical (unpaired) electrons. The summed E-state index contributed by atoms with van der Waals surface area (Å²) in [6.07, 6.45) is 5.74. The molecule has 0 bridgehead atoms. The highest BCUT2D eigenvalue weighted by molar-refractivity contribution is 6.25. The van der Waals surface area contributed by atoms with Crippen molar-refractivity contribution >= 4 is 72.3 Å². The van der Waals surface area contributed by atoms with Crippen LogP contribution in [-0.2, 0) is 5.41 Å². The maximum atomic E-state index is 7.50. The van der Waals surface area contributed by atoms with Crippen LogP contribution < -0.4 is 9.80 Å². The number of anilines is 5. The van der Waals surface area contributed by atoms with E-state index < -0.39 is 5.41 Å². The lowest BCUT2D eigenvalue weighted by Gasteiger charge is -2.36. The molecule has 342 valence electrons. The van der Waals surface area contributed by atoms with Crippen molar-refractivity contribution in [2.45, 2.75) is 53.4 Å². The zero-order chi connectivity index (χ0) is 47.9. The maximum Gasteiger partial charge on any atom is 0.145 e. The van der Waals surface area contributed by atoms with Gasteiger partial charge in [-0.15, -0.1) is 0 Å². The van der Waals surface area contributed by atoms with Crippen molar-refractivity contribution in [3.8, 4) is 22.3 Å². The Morgan fingerprint density at radius 2 is 0.930 bits per heavy atom. The van der Waals surface area contributed by atoms with Gasteiger partial charge in [-0.1, -0.05) is 152 Å². The number of nitrogens with zero attached hydrogens (tertiary/aromatic N) is 2. The van der Waals surface area contributed by atoms with E-state index in [1.165, 1.54) is 66.9 Å². The minimum absolute atomic E-state index is 0.258. The van der Waals surface area contributed by atoms with E-state index in [1.807, 2.05) is 0 Å². The average Bonchev–Trinajstić information content (AvgIpc) is 4.13. The van der Waals surface area contributed by atoms with Gasteiger partial charge in [0.05, 0.1) is 27.6 Å². The predicted molar refractivity (Wildman–Crippen MR) is 295 cm³/mol. The molecule has 0 saturated heterocycles. The molecule has 11 aromatic rings. The molecule has 71 heavy (non-hydrogen) atoms. The van der Waals surface area contributed by atoms with E-state index >= 15 is 0 Å². The highest BCUT2D eigenvalue weighted by Crippen LogP contribution is 2.68. The second kappa shape index (κ2) is 15.3. The molecule has 4 heteroatoms. The van der Waals surface area contributed by atoms with Gasteiger partial charge in [0.1, 0.15) is 22.3 Å². The van der Waals surface area contributed by atoms with Crippen LogP contribution in [0.15, 0.2) is 208 Å². The van der Waals surface area contributed by atoms with E-state index in [-0.39, 0.29) is 5.92 Å². The third kappa shape index (κ3) is 5.73. The van der Waals surface area contributed by atoms with Gasteiger partial charge in [-0.05, 0) is 145 Å². The van der Waals surface area contributed by atoms with E-state index in [0.29, 0.717) is 0 Å². The van der Waals surface area contributed by atoms with Crippen LogP contribution >= 0.6 is 0 Å². The molecular weight excluding hydrogens is 865 g/mol. The first-order valence-corrected chi connectivity index (χ1v) is 25.1. The highest BCUT2D eigenvalue weighted by atomic mass is 16.3. The van der Waals surface area contributed by atoms with Gasteiger partial charge in [0.2, 0.25) is 0 Å². The fraction of sp³-hybridized carbons (Fsp3) is 0.134. The Hall–Kier alpha value is -8.34. The smallest absolute Gasteiger partial charge is 0.145 e. The number of furan rings is 2. The summed E-state index contributed by atoms with van der Waals surface area (Å²) < 4.78 is 15.0. The van der Waals surface area contributed by atoms with Crippen LogP contribution in [-0.4, -0.2) is 0 Å². The largest absolute Gasteiger partial charge is 0.455 e. The molecule has 3 aliphatic carbocycles. The maximum absolute atomic E-state index is 7.50. The summed E-state index contributed by atoms with van der Waals surface area (Å²) in [4.78, 5) is 5.09. The molecule has 2 heterocycles. The van der Waals surface area contributed by atoms with Crippen molar-refractivity contribution < 1.29 is 8.83 Å². The topological polar surface area (TPSA) is 32.8 Å². The molecule has 0 amide bonds. The zero-order valence-corrected chi connectivity index (χ0v) is 40.9. The normalized spacial score (nSPS) is 15.3. The minimum Gasteiger partial charge on any atom is -0.455 e. The molecule has 0 fully saturated rings. The van der Waals surface area contributed by atoms with Crippen LogP contribution in [0.2, 0.25) is 0 Å². The quantitative estimate of drug-likeness (QED) is 0.166. The van der Waals surface area contributed by atoms with Gasteiger partial charge < -0.3 is 18.6 Å². The number of rotatable bonds is 6. The minimum atomic E-state index is -0.777. The average molecular weight is 917 g/mol. The van der Waals surface area contributed by atoms with Gasteiger partial charge in [0.15, 0.2) is 0 Å². The van der Waals surface area contributed by atoms with Crippen LogP contribution in [0.4, 0.5) is 28.4 Å². The van der Waals surface area contributed by atoms with Gasteiger partial charge >= 0.3 is 0 Å². The summed E-state index contributed by atoms with van der Waals surface area (Å²) in [5, 5.41) is 4.33. The molecule has 4 nitrogen and oxygen atoms in total.